The second-order valence-electron chi connectivity index (χ2n) is 4.09. The minimum atomic E-state index is -0.495. The Kier molecular flexibility index (Phi) is 4.52. The van der Waals surface area contributed by atoms with Crippen LogP contribution in [0.1, 0.15) is 15.9 Å². The molecule has 0 spiro atoms. The summed E-state index contributed by atoms with van der Waals surface area (Å²) in [7, 11) is 0. The molecule has 0 N–H and O–H groups in total. The molecule has 0 radical (unpaired) electrons. The summed E-state index contributed by atoms with van der Waals surface area (Å²) in [5.41, 5.74) is 0.657. The summed E-state index contributed by atoms with van der Waals surface area (Å²) < 4.78 is 0.618. The molecule has 0 saturated carbocycles. The van der Waals surface area contributed by atoms with Crippen molar-refractivity contribution < 1.29 is 9.72 Å². The lowest BCUT2D eigenvalue weighted by Gasteiger charge is -2.05. The monoisotopic (exact) mass is 353 g/mol. The fourth-order valence-corrected chi connectivity index (χ4v) is 2.42. The first-order chi connectivity index (χ1) is 9.50. The third-order valence-electron chi connectivity index (χ3n) is 2.79. The van der Waals surface area contributed by atoms with Crippen LogP contribution in [0.25, 0.3) is 0 Å². The van der Waals surface area contributed by atoms with Crippen LogP contribution in [0.4, 0.5) is 5.69 Å². The molecule has 0 saturated heterocycles. The van der Waals surface area contributed by atoms with Crippen LogP contribution < -0.4 is 0 Å². The number of nitro groups is 1. The van der Waals surface area contributed by atoms with Crippen molar-refractivity contribution >= 4 is 39.0 Å². The van der Waals surface area contributed by atoms with Crippen LogP contribution in [0, 0.1) is 10.1 Å². The average Bonchev–Trinajstić information content (AvgIpc) is 2.42. The summed E-state index contributed by atoms with van der Waals surface area (Å²) in [6, 6.07) is 11.2. The number of nitro benzene ring substituents is 1. The van der Waals surface area contributed by atoms with E-state index in [-0.39, 0.29) is 17.9 Å². The summed E-state index contributed by atoms with van der Waals surface area (Å²) in [6.07, 6.45) is -0.0622. The molecule has 0 amide bonds. The number of rotatable bonds is 4. The predicted octanol–water partition coefficient (Wildman–Crippen LogP) is 4.44. The van der Waals surface area contributed by atoms with E-state index in [4.69, 9.17) is 11.6 Å². The molecular formula is C14H9BrClNO3. The second kappa shape index (κ2) is 6.15. The van der Waals surface area contributed by atoms with Gasteiger partial charge in [-0.25, -0.2) is 0 Å². The zero-order valence-electron chi connectivity index (χ0n) is 10.2. The van der Waals surface area contributed by atoms with E-state index in [0.717, 1.165) is 0 Å². The van der Waals surface area contributed by atoms with Crippen molar-refractivity contribution in [3.63, 3.8) is 0 Å². The van der Waals surface area contributed by atoms with E-state index in [1.54, 1.807) is 36.4 Å². The molecule has 0 aromatic heterocycles. The summed E-state index contributed by atoms with van der Waals surface area (Å²) >= 11 is 9.30. The number of ketones is 1. The van der Waals surface area contributed by atoms with Gasteiger partial charge in [0.15, 0.2) is 5.78 Å². The molecule has 0 aliphatic rings. The molecule has 0 heterocycles. The highest BCUT2D eigenvalue weighted by molar-refractivity contribution is 9.10. The fourth-order valence-electron chi connectivity index (χ4n) is 1.83. The average molecular weight is 355 g/mol. The topological polar surface area (TPSA) is 60.2 Å². The van der Waals surface area contributed by atoms with E-state index in [1.165, 1.54) is 6.07 Å². The molecular weight excluding hydrogens is 346 g/mol. The number of carbonyl (C=O) groups excluding carboxylic acids is 1. The van der Waals surface area contributed by atoms with Gasteiger partial charge in [0.1, 0.15) is 0 Å². The van der Waals surface area contributed by atoms with Crippen molar-refractivity contribution in [3.8, 4) is 0 Å². The predicted molar refractivity (Wildman–Crippen MR) is 80.3 cm³/mol. The molecule has 102 valence electrons. The zero-order valence-corrected chi connectivity index (χ0v) is 12.5. The van der Waals surface area contributed by atoms with Gasteiger partial charge < -0.3 is 0 Å². The molecule has 0 unspecified atom stereocenters. The third kappa shape index (κ3) is 3.05. The van der Waals surface area contributed by atoms with Crippen molar-refractivity contribution in [1.29, 1.82) is 0 Å². The van der Waals surface area contributed by atoms with Crippen LogP contribution in [-0.2, 0) is 6.42 Å². The highest BCUT2D eigenvalue weighted by Crippen LogP contribution is 2.28. The van der Waals surface area contributed by atoms with Crippen LogP contribution >= 0.6 is 27.5 Å². The van der Waals surface area contributed by atoms with Gasteiger partial charge in [-0.1, -0.05) is 35.9 Å². The molecule has 2 aromatic carbocycles. The van der Waals surface area contributed by atoms with Crippen LogP contribution in [-0.4, -0.2) is 10.7 Å². The zero-order chi connectivity index (χ0) is 14.7. The Hall–Kier alpha value is -1.72. The molecule has 2 rings (SSSR count). The van der Waals surface area contributed by atoms with Crippen LogP contribution in [0.15, 0.2) is 46.9 Å². The van der Waals surface area contributed by atoms with Gasteiger partial charge in [-0.05, 0) is 28.1 Å². The van der Waals surface area contributed by atoms with E-state index < -0.39 is 4.92 Å². The Morgan fingerprint density at radius 2 is 1.90 bits per heavy atom. The number of para-hydroxylation sites is 1. The number of carbonyl (C=O) groups is 1. The Labute approximate surface area is 128 Å². The van der Waals surface area contributed by atoms with Gasteiger partial charge >= 0.3 is 0 Å². The van der Waals surface area contributed by atoms with Crippen LogP contribution in [0.2, 0.25) is 5.02 Å². The Balaban J connectivity index is 2.33. The van der Waals surface area contributed by atoms with Crippen molar-refractivity contribution in [2.24, 2.45) is 0 Å². The lowest BCUT2D eigenvalue weighted by molar-refractivity contribution is -0.385. The molecule has 0 aliphatic carbocycles. The molecule has 6 heteroatoms. The Morgan fingerprint density at radius 1 is 1.20 bits per heavy atom. The molecule has 0 aliphatic heterocycles. The van der Waals surface area contributed by atoms with Crippen molar-refractivity contribution in [2.75, 3.05) is 0 Å². The van der Waals surface area contributed by atoms with Gasteiger partial charge in [0.25, 0.3) is 5.69 Å². The maximum absolute atomic E-state index is 12.2. The van der Waals surface area contributed by atoms with E-state index in [2.05, 4.69) is 15.9 Å². The summed E-state index contributed by atoms with van der Waals surface area (Å²) in [4.78, 5) is 22.7. The SMILES string of the molecule is O=C(Cc1ccccc1[N+](=O)[O-])c1cccc(Br)c1Cl. The quantitative estimate of drug-likeness (QED) is 0.463. The number of Topliss-reactive ketones (excluding diaryl/α,β-unsaturated/α-hetero) is 1. The Bertz CT molecular complexity index is 688. The Morgan fingerprint density at radius 3 is 2.60 bits per heavy atom. The molecule has 20 heavy (non-hydrogen) atoms. The standard InChI is InChI=1S/C14H9BrClNO3/c15-11-6-3-5-10(14(11)16)13(18)8-9-4-1-2-7-12(9)17(19)20/h1-7H,8H2. The van der Waals surface area contributed by atoms with Gasteiger partial charge in [0.2, 0.25) is 0 Å². The smallest absolute Gasteiger partial charge is 0.273 e. The second-order valence-corrected chi connectivity index (χ2v) is 5.32. The minimum absolute atomic E-state index is 0.0622. The van der Waals surface area contributed by atoms with Gasteiger partial charge in [0, 0.05) is 28.1 Å². The first kappa shape index (κ1) is 14.7. The number of halogens is 2. The highest BCUT2D eigenvalue weighted by atomic mass is 79.9. The summed E-state index contributed by atoms with van der Waals surface area (Å²) in [6.45, 7) is 0. The number of hydrogen-bond acceptors (Lipinski definition) is 3. The van der Waals surface area contributed by atoms with Crippen molar-refractivity contribution in [2.45, 2.75) is 6.42 Å². The molecule has 2 aromatic rings. The van der Waals surface area contributed by atoms with E-state index in [1.807, 2.05) is 0 Å². The van der Waals surface area contributed by atoms with Crippen molar-refractivity contribution in [3.05, 3.63) is 73.2 Å². The van der Waals surface area contributed by atoms with Gasteiger partial charge in [-0.3, -0.25) is 14.9 Å². The largest absolute Gasteiger partial charge is 0.294 e. The first-order valence-corrected chi connectivity index (χ1v) is 6.87. The van der Waals surface area contributed by atoms with Crippen LogP contribution in [0.3, 0.4) is 0 Å². The van der Waals surface area contributed by atoms with Gasteiger partial charge in [-0.15, -0.1) is 0 Å². The lowest BCUT2D eigenvalue weighted by atomic mass is 10.0. The maximum Gasteiger partial charge on any atom is 0.273 e. The normalized spacial score (nSPS) is 10.3. The number of hydrogen-bond donors (Lipinski definition) is 0. The van der Waals surface area contributed by atoms with Gasteiger partial charge in [0.05, 0.1) is 9.95 Å². The molecule has 0 atom stereocenters. The number of nitrogens with zero attached hydrogens (tertiary/aromatic N) is 1. The summed E-state index contributed by atoms with van der Waals surface area (Å²) in [5, 5.41) is 11.2. The highest BCUT2D eigenvalue weighted by Gasteiger charge is 2.18. The first-order valence-electron chi connectivity index (χ1n) is 5.70. The van der Waals surface area contributed by atoms with E-state index >= 15 is 0 Å². The minimum Gasteiger partial charge on any atom is -0.294 e. The molecule has 0 fully saturated rings. The number of benzene rings is 2. The third-order valence-corrected chi connectivity index (χ3v) is 4.09. The van der Waals surface area contributed by atoms with Gasteiger partial charge in [-0.2, -0.15) is 0 Å². The lowest BCUT2D eigenvalue weighted by Crippen LogP contribution is -2.06. The van der Waals surface area contributed by atoms with E-state index in [0.29, 0.717) is 20.6 Å². The van der Waals surface area contributed by atoms with Crippen molar-refractivity contribution in [1.82, 2.24) is 0 Å². The van der Waals surface area contributed by atoms with Crippen LogP contribution in [0.5, 0.6) is 0 Å². The summed E-state index contributed by atoms with van der Waals surface area (Å²) in [5.74, 6) is -0.259. The van der Waals surface area contributed by atoms with E-state index in [9.17, 15) is 14.9 Å². The maximum atomic E-state index is 12.2. The fraction of sp³-hybridized carbons (Fsp3) is 0.0714. The molecule has 0 bridgehead atoms. The molecule has 4 nitrogen and oxygen atoms in total.